The lowest BCUT2D eigenvalue weighted by Crippen LogP contribution is -2.58. The molecule has 4 nitrogen and oxygen atoms in total. The van der Waals surface area contributed by atoms with Crippen molar-refractivity contribution >= 4 is 11.6 Å². The number of carbonyl (C=O) groups excluding carboxylic acids is 1. The summed E-state index contributed by atoms with van der Waals surface area (Å²) in [5, 5.41) is 0. The number of hydrogen-bond acceptors (Lipinski definition) is 3. The van der Waals surface area contributed by atoms with Gasteiger partial charge in [0.15, 0.2) is 0 Å². The second-order valence-electron chi connectivity index (χ2n) is 6.18. The lowest BCUT2D eigenvalue weighted by Gasteiger charge is -2.49. The lowest BCUT2D eigenvalue weighted by atomic mass is 9.79. The van der Waals surface area contributed by atoms with Crippen LogP contribution in [-0.2, 0) is 4.79 Å². The highest BCUT2D eigenvalue weighted by atomic mass is 19.1. The van der Waals surface area contributed by atoms with Gasteiger partial charge in [-0.2, -0.15) is 0 Å². The van der Waals surface area contributed by atoms with Crippen LogP contribution in [0.15, 0.2) is 18.2 Å². The molecule has 5 heteroatoms. The van der Waals surface area contributed by atoms with Gasteiger partial charge in [-0.1, -0.05) is 6.92 Å². The van der Waals surface area contributed by atoms with E-state index >= 15 is 0 Å². The number of hydrogen-bond donors (Lipinski definition) is 2. The molecule has 2 rings (SSSR count). The van der Waals surface area contributed by atoms with Crippen molar-refractivity contribution in [2.75, 3.05) is 4.90 Å². The van der Waals surface area contributed by atoms with Crippen molar-refractivity contribution in [3.8, 4) is 0 Å². The molecular formula is C15H22FN3O. The summed E-state index contributed by atoms with van der Waals surface area (Å²) in [5.41, 5.74) is 3.85. The quantitative estimate of drug-likeness (QED) is 0.496. The maximum absolute atomic E-state index is 13.5. The summed E-state index contributed by atoms with van der Waals surface area (Å²) in [6, 6.07) is 4.34. The minimum absolute atomic E-state index is 0.198. The number of benzene rings is 1. The minimum atomic E-state index is -0.410. The third-order valence-electron chi connectivity index (χ3n) is 4.15. The van der Waals surface area contributed by atoms with Crippen LogP contribution in [0.3, 0.4) is 0 Å². The van der Waals surface area contributed by atoms with Gasteiger partial charge >= 0.3 is 0 Å². The van der Waals surface area contributed by atoms with Crippen LogP contribution in [0.2, 0.25) is 0 Å². The van der Waals surface area contributed by atoms with E-state index in [4.69, 9.17) is 5.84 Å². The van der Waals surface area contributed by atoms with Gasteiger partial charge in [0.05, 0.1) is 0 Å². The third-order valence-corrected chi connectivity index (χ3v) is 4.15. The smallest absolute Gasteiger partial charge is 0.256 e. The Morgan fingerprint density at radius 1 is 1.55 bits per heavy atom. The molecule has 0 saturated carbocycles. The lowest BCUT2D eigenvalue weighted by molar-refractivity contribution is -0.122. The van der Waals surface area contributed by atoms with Crippen molar-refractivity contribution in [1.29, 1.82) is 0 Å². The predicted molar refractivity (Wildman–Crippen MR) is 77.8 cm³/mol. The molecule has 20 heavy (non-hydrogen) atoms. The zero-order chi connectivity index (χ0) is 15.1. The largest absolute Gasteiger partial charge is 0.354 e. The number of halogens is 1. The molecule has 1 aliphatic rings. The van der Waals surface area contributed by atoms with Crippen LogP contribution in [-0.4, -0.2) is 17.5 Å². The molecule has 0 aromatic heterocycles. The molecular weight excluding hydrogens is 257 g/mol. The van der Waals surface area contributed by atoms with E-state index in [1.165, 1.54) is 6.07 Å². The first-order chi connectivity index (χ1) is 9.27. The number of hydrazine groups is 1. The number of carbonyl (C=O) groups is 1. The number of fused-ring (bicyclic) bond motifs is 1. The van der Waals surface area contributed by atoms with E-state index in [2.05, 4.69) is 26.2 Å². The van der Waals surface area contributed by atoms with Crippen LogP contribution in [0.5, 0.6) is 0 Å². The Labute approximate surface area is 119 Å². The summed E-state index contributed by atoms with van der Waals surface area (Å²) in [6.07, 6.45) is 0.853. The fourth-order valence-electron chi connectivity index (χ4n) is 3.39. The van der Waals surface area contributed by atoms with E-state index < -0.39 is 6.04 Å². The van der Waals surface area contributed by atoms with Crippen LogP contribution in [0.4, 0.5) is 10.1 Å². The standard InChI is InChI=1S/C15H22FN3O/c1-9-8-15(3,4)19(10(2)14(20)18-17)13-6-5-11(16)7-12(9)13/h5-7,9-10H,8,17H2,1-4H3,(H,18,20)/t9-,10+/m1/s1. The summed E-state index contributed by atoms with van der Waals surface area (Å²) in [7, 11) is 0. The molecule has 0 radical (unpaired) electrons. The molecule has 1 aromatic rings. The summed E-state index contributed by atoms with van der Waals surface area (Å²) in [5.74, 6) is 5.01. The Hall–Kier alpha value is -1.62. The van der Waals surface area contributed by atoms with Crippen LogP contribution >= 0.6 is 0 Å². The van der Waals surface area contributed by atoms with Crippen LogP contribution < -0.4 is 16.2 Å². The maximum atomic E-state index is 13.5. The molecule has 0 spiro atoms. The highest BCUT2D eigenvalue weighted by Gasteiger charge is 2.40. The van der Waals surface area contributed by atoms with Crippen LogP contribution in [0.25, 0.3) is 0 Å². The average Bonchev–Trinajstić information content (AvgIpc) is 2.37. The second kappa shape index (κ2) is 5.05. The van der Waals surface area contributed by atoms with Crippen molar-refractivity contribution < 1.29 is 9.18 Å². The highest BCUT2D eigenvalue weighted by molar-refractivity contribution is 5.85. The SMILES string of the molecule is C[C@@H]1CC(C)(C)N([C@@H](C)C(=O)NN)c2ccc(F)cc21. The average molecular weight is 279 g/mol. The summed E-state index contributed by atoms with van der Waals surface area (Å²) < 4.78 is 13.5. The highest BCUT2D eigenvalue weighted by Crippen LogP contribution is 2.44. The number of nitrogens with zero attached hydrogens (tertiary/aromatic N) is 1. The number of nitrogens with one attached hydrogen (secondary N) is 1. The van der Waals surface area contributed by atoms with Crippen LogP contribution in [0.1, 0.15) is 45.6 Å². The Kier molecular flexibility index (Phi) is 3.73. The van der Waals surface area contributed by atoms with Crippen molar-refractivity contribution in [3.63, 3.8) is 0 Å². The van der Waals surface area contributed by atoms with Gasteiger partial charge in [0.1, 0.15) is 11.9 Å². The number of amides is 1. The third kappa shape index (κ3) is 2.38. The van der Waals surface area contributed by atoms with E-state index in [1.807, 2.05) is 11.8 Å². The molecule has 1 amide bonds. The molecule has 0 unspecified atom stereocenters. The molecule has 0 aliphatic carbocycles. The predicted octanol–water partition coefficient (Wildman–Crippen LogP) is 2.30. The zero-order valence-corrected chi connectivity index (χ0v) is 12.4. The first-order valence-corrected chi connectivity index (χ1v) is 6.87. The Balaban J connectivity index is 2.54. The van der Waals surface area contributed by atoms with Crippen molar-refractivity contribution in [2.45, 2.75) is 51.6 Å². The van der Waals surface area contributed by atoms with Crippen molar-refractivity contribution in [3.05, 3.63) is 29.6 Å². The normalized spacial score (nSPS) is 22.1. The van der Waals surface area contributed by atoms with Crippen LogP contribution in [0, 0.1) is 5.82 Å². The number of nitrogens with two attached hydrogens (primary N) is 1. The van der Waals surface area contributed by atoms with Gasteiger partial charge < -0.3 is 4.90 Å². The van der Waals surface area contributed by atoms with Gasteiger partial charge in [-0.3, -0.25) is 10.2 Å². The van der Waals surface area contributed by atoms with Gasteiger partial charge in [-0.05, 0) is 56.9 Å². The van der Waals surface area contributed by atoms with Crippen molar-refractivity contribution in [1.82, 2.24) is 5.43 Å². The van der Waals surface area contributed by atoms with E-state index in [0.717, 1.165) is 17.7 Å². The molecule has 1 heterocycles. The summed E-state index contributed by atoms with van der Waals surface area (Å²) >= 11 is 0. The van der Waals surface area contributed by atoms with Gasteiger partial charge in [0.2, 0.25) is 0 Å². The van der Waals surface area contributed by atoms with Gasteiger partial charge in [0, 0.05) is 11.2 Å². The number of anilines is 1. The zero-order valence-electron chi connectivity index (χ0n) is 12.4. The molecule has 1 aliphatic heterocycles. The molecule has 110 valence electrons. The molecule has 1 aromatic carbocycles. The fraction of sp³-hybridized carbons (Fsp3) is 0.533. The van der Waals surface area contributed by atoms with Gasteiger partial charge in [0.25, 0.3) is 5.91 Å². The molecule has 3 N–H and O–H groups in total. The maximum Gasteiger partial charge on any atom is 0.256 e. The molecule has 0 saturated heterocycles. The Morgan fingerprint density at radius 2 is 2.20 bits per heavy atom. The summed E-state index contributed by atoms with van der Waals surface area (Å²) in [6.45, 7) is 8.09. The first-order valence-electron chi connectivity index (χ1n) is 6.87. The van der Waals surface area contributed by atoms with E-state index in [1.54, 1.807) is 12.1 Å². The Bertz CT molecular complexity index is 530. The first kappa shape index (κ1) is 14.8. The van der Waals surface area contributed by atoms with Gasteiger partial charge in [-0.25, -0.2) is 10.2 Å². The van der Waals surface area contributed by atoms with Gasteiger partial charge in [-0.15, -0.1) is 0 Å². The second-order valence-corrected chi connectivity index (χ2v) is 6.18. The van der Waals surface area contributed by atoms with E-state index in [-0.39, 0.29) is 23.2 Å². The monoisotopic (exact) mass is 279 g/mol. The van der Waals surface area contributed by atoms with Crippen molar-refractivity contribution in [2.24, 2.45) is 5.84 Å². The number of rotatable bonds is 2. The molecule has 0 bridgehead atoms. The minimum Gasteiger partial charge on any atom is -0.354 e. The topological polar surface area (TPSA) is 58.4 Å². The molecule has 0 fully saturated rings. The Morgan fingerprint density at radius 3 is 2.80 bits per heavy atom. The van der Waals surface area contributed by atoms with E-state index in [9.17, 15) is 9.18 Å². The fourth-order valence-corrected chi connectivity index (χ4v) is 3.39. The van der Waals surface area contributed by atoms with E-state index in [0.29, 0.717) is 0 Å². The summed E-state index contributed by atoms with van der Waals surface area (Å²) in [4.78, 5) is 13.9. The molecule has 2 atom stereocenters.